The van der Waals surface area contributed by atoms with E-state index in [4.69, 9.17) is 4.74 Å². The molecule has 0 amide bonds. The molecule has 3 rings (SSSR count). The van der Waals surface area contributed by atoms with E-state index in [0.717, 1.165) is 55.6 Å². The average molecular weight is 288 g/mol. The normalized spacial score (nSPS) is 18.1. The van der Waals surface area contributed by atoms with Crippen LogP contribution in [0.3, 0.4) is 0 Å². The highest BCUT2D eigenvalue weighted by molar-refractivity contribution is 5.35. The summed E-state index contributed by atoms with van der Waals surface area (Å²) in [5, 5.41) is 11.7. The number of nitrogens with one attached hydrogen (secondary N) is 1. The Morgan fingerprint density at radius 1 is 1.38 bits per heavy atom. The highest BCUT2D eigenvalue weighted by atomic mass is 16.5. The number of anilines is 1. The number of ether oxygens (including phenoxy) is 1. The molecule has 1 saturated heterocycles. The Balaban J connectivity index is 1.53. The van der Waals surface area contributed by atoms with Crippen LogP contribution in [0.5, 0.6) is 0 Å². The standard InChI is InChI=1S/C14H20N6O/c1-10-7-14(17-11(2)16-10)15-5-3-12-8-20(19-18-12)13-4-6-21-9-13/h7-8,13H,3-6,9H2,1-2H3,(H,15,16,17). The molecule has 1 aliphatic rings. The molecule has 0 spiro atoms. The van der Waals surface area contributed by atoms with E-state index in [1.165, 1.54) is 0 Å². The topological polar surface area (TPSA) is 77.8 Å². The van der Waals surface area contributed by atoms with E-state index >= 15 is 0 Å². The Labute approximate surface area is 123 Å². The van der Waals surface area contributed by atoms with Crippen LogP contribution in [-0.4, -0.2) is 44.7 Å². The highest BCUT2D eigenvalue weighted by Gasteiger charge is 2.18. The first-order chi connectivity index (χ1) is 10.2. The SMILES string of the molecule is Cc1cc(NCCc2cn(C3CCOC3)nn2)nc(C)n1. The molecule has 1 fully saturated rings. The van der Waals surface area contributed by atoms with Gasteiger partial charge in [-0.3, -0.25) is 0 Å². The lowest BCUT2D eigenvalue weighted by Gasteiger charge is -2.06. The molecule has 1 unspecified atom stereocenters. The second-order valence-corrected chi connectivity index (χ2v) is 5.33. The quantitative estimate of drug-likeness (QED) is 0.893. The van der Waals surface area contributed by atoms with Crippen molar-refractivity contribution < 1.29 is 4.74 Å². The highest BCUT2D eigenvalue weighted by Crippen LogP contribution is 2.17. The lowest BCUT2D eigenvalue weighted by molar-refractivity contribution is 0.184. The first kappa shape index (κ1) is 13.9. The minimum atomic E-state index is 0.339. The largest absolute Gasteiger partial charge is 0.379 e. The minimum Gasteiger partial charge on any atom is -0.379 e. The van der Waals surface area contributed by atoms with Gasteiger partial charge in [-0.15, -0.1) is 5.10 Å². The zero-order chi connectivity index (χ0) is 14.7. The van der Waals surface area contributed by atoms with Crippen molar-refractivity contribution in [2.45, 2.75) is 32.7 Å². The van der Waals surface area contributed by atoms with Crippen molar-refractivity contribution in [1.29, 1.82) is 0 Å². The summed E-state index contributed by atoms with van der Waals surface area (Å²) in [7, 11) is 0. The van der Waals surface area contributed by atoms with Crippen LogP contribution in [0.4, 0.5) is 5.82 Å². The van der Waals surface area contributed by atoms with Crippen molar-refractivity contribution in [2.24, 2.45) is 0 Å². The molecule has 2 aromatic rings. The maximum atomic E-state index is 5.37. The Morgan fingerprint density at radius 2 is 2.29 bits per heavy atom. The fraction of sp³-hybridized carbons (Fsp3) is 0.571. The van der Waals surface area contributed by atoms with E-state index in [-0.39, 0.29) is 0 Å². The first-order valence-electron chi connectivity index (χ1n) is 7.25. The summed E-state index contributed by atoms with van der Waals surface area (Å²) in [4.78, 5) is 8.61. The van der Waals surface area contributed by atoms with Crippen molar-refractivity contribution in [3.8, 4) is 0 Å². The van der Waals surface area contributed by atoms with Crippen LogP contribution < -0.4 is 5.32 Å². The third-order valence-electron chi connectivity index (χ3n) is 3.49. The predicted molar refractivity (Wildman–Crippen MR) is 78.2 cm³/mol. The summed E-state index contributed by atoms with van der Waals surface area (Å²) in [6, 6.07) is 2.28. The van der Waals surface area contributed by atoms with Gasteiger partial charge in [0.1, 0.15) is 11.6 Å². The van der Waals surface area contributed by atoms with Gasteiger partial charge in [-0.05, 0) is 20.3 Å². The van der Waals surface area contributed by atoms with Crippen molar-refractivity contribution >= 4 is 5.82 Å². The van der Waals surface area contributed by atoms with Crippen molar-refractivity contribution in [3.05, 3.63) is 29.5 Å². The van der Waals surface area contributed by atoms with E-state index in [1.54, 1.807) is 0 Å². The molecule has 7 nitrogen and oxygen atoms in total. The maximum absolute atomic E-state index is 5.37. The molecule has 0 aliphatic carbocycles. The monoisotopic (exact) mass is 288 g/mol. The minimum absolute atomic E-state index is 0.339. The summed E-state index contributed by atoms with van der Waals surface area (Å²) in [5.74, 6) is 1.64. The molecule has 0 saturated carbocycles. The number of aromatic nitrogens is 5. The summed E-state index contributed by atoms with van der Waals surface area (Å²) in [5.41, 5.74) is 1.95. The van der Waals surface area contributed by atoms with Crippen molar-refractivity contribution in [1.82, 2.24) is 25.0 Å². The molecule has 112 valence electrons. The molecule has 0 aromatic carbocycles. The number of hydrogen-bond acceptors (Lipinski definition) is 6. The second kappa shape index (κ2) is 6.17. The van der Waals surface area contributed by atoms with Crippen LogP contribution in [0, 0.1) is 13.8 Å². The van der Waals surface area contributed by atoms with Gasteiger partial charge in [0, 0.05) is 37.5 Å². The Hall–Kier alpha value is -2.02. The third-order valence-corrected chi connectivity index (χ3v) is 3.49. The van der Waals surface area contributed by atoms with Gasteiger partial charge in [-0.2, -0.15) is 0 Å². The summed E-state index contributed by atoms with van der Waals surface area (Å²) in [6.45, 7) is 6.19. The van der Waals surface area contributed by atoms with E-state index in [9.17, 15) is 0 Å². The van der Waals surface area contributed by atoms with Crippen LogP contribution in [0.25, 0.3) is 0 Å². The van der Waals surface area contributed by atoms with E-state index in [0.29, 0.717) is 6.04 Å². The fourth-order valence-corrected chi connectivity index (χ4v) is 2.46. The molecule has 1 N–H and O–H groups in total. The number of hydrogen-bond donors (Lipinski definition) is 1. The van der Waals surface area contributed by atoms with Crippen LogP contribution in [-0.2, 0) is 11.2 Å². The lowest BCUT2D eigenvalue weighted by atomic mass is 10.2. The van der Waals surface area contributed by atoms with Gasteiger partial charge < -0.3 is 10.1 Å². The van der Waals surface area contributed by atoms with E-state index in [2.05, 4.69) is 25.6 Å². The molecule has 21 heavy (non-hydrogen) atoms. The smallest absolute Gasteiger partial charge is 0.129 e. The molecule has 7 heteroatoms. The van der Waals surface area contributed by atoms with Gasteiger partial charge in [0.05, 0.1) is 18.3 Å². The van der Waals surface area contributed by atoms with E-state index < -0.39 is 0 Å². The van der Waals surface area contributed by atoms with Crippen molar-refractivity contribution in [3.63, 3.8) is 0 Å². The molecular weight excluding hydrogens is 268 g/mol. The summed E-state index contributed by atoms with van der Waals surface area (Å²) >= 11 is 0. The number of rotatable bonds is 5. The van der Waals surface area contributed by atoms with Crippen LogP contribution >= 0.6 is 0 Å². The van der Waals surface area contributed by atoms with Gasteiger partial charge in [0.25, 0.3) is 0 Å². The summed E-state index contributed by atoms with van der Waals surface area (Å²) < 4.78 is 7.28. The van der Waals surface area contributed by atoms with E-state index in [1.807, 2.05) is 30.8 Å². The molecular formula is C14H20N6O. The molecule has 0 radical (unpaired) electrons. The summed E-state index contributed by atoms with van der Waals surface area (Å²) in [6.07, 6.45) is 3.84. The van der Waals surface area contributed by atoms with Crippen LogP contribution in [0.15, 0.2) is 12.3 Å². The molecule has 1 aliphatic heterocycles. The predicted octanol–water partition coefficient (Wildman–Crippen LogP) is 1.30. The second-order valence-electron chi connectivity index (χ2n) is 5.33. The maximum Gasteiger partial charge on any atom is 0.129 e. The first-order valence-corrected chi connectivity index (χ1v) is 7.25. The Kier molecular flexibility index (Phi) is 4.10. The molecule has 0 bridgehead atoms. The van der Waals surface area contributed by atoms with Crippen LogP contribution in [0.2, 0.25) is 0 Å². The molecule has 1 atom stereocenters. The van der Waals surface area contributed by atoms with Gasteiger partial charge in [0.2, 0.25) is 0 Å². The average Bonchev–Trinajstić information content (AvgIpc) is 3.08. The number of aryl methyl sites for hydroxylation is 2. The van der Waals surface area contributed by atoms with Crippen molar-refractivity contribution in [2.75, 3.05) is 25.1 Å². The zero-order valence-electron chi connectivity index (χ0n) is 12.4. The Bertz CT molecular complexity index is 585. The molecule has 2 aromatic heterocycles. The van der Waals surface area contributed by atoms with Gasteiger partial charge >= 0.3 is 0 Å². The van der Waals surface area contributed by atoms with Crippen LogP contribution in [0.1, 0.15) is 29.7 Å². The third kappa shape index (κ3) is 3.55. The lowest BCUT2D eigenvalue weighted by Crippen LogP contribution is -2.09. The zero-order valence-corrected chi connectivity index (χ0v) is 12.4. The van der Waals surface area contributed by atoms with Gasteiger partial charge in [-0.1, -0.05) is 5.21 Å². The Morgan fingerprint density at radius 3 is 3.05 bits per heavy atom. The van der Waals surface area contributed by atoms with Gasteiger partial charge in [0.15, 0.2) is 0 Å². The van der Waals surface area contributed by atoms with Gasteiger partial charge in [-0.25, -0.2) is 14.6 Å². The fourth-order valence-electron chi connectivity index (χ4n) is 2.46. The molecule has 3 heterocycles. The number of nitrogens with zero attached hydrogens (tertiary/aromatic N) is 5.